The molecule has 116 valence electrons. The number of para-hydroxylation sites is 1. The molecule has 0 spiro atoms. The number of hydrogen-bond acceptors (Lipinski definition) is 4. The van der Waals surface area contributed by atoms with E-state index in [1.807, 2.05) is 30.3 Å². The maximum atomic E-state index is 11.9. The number of ether oxygens (including phenoxy) is 1. The van der Waals surface area contributed by atoms with Gasteiger partial charge >= 0.3 is 0 Å². The zero-order valence-electron chi connectivity index (χ0n) is 12.7. The van der Waals surface area contributed by atoms with Crippen LogP contribution in [0.15, 0.2) is 64.8 Å². The first kappa shape index (κ1) is 16.1. The summed E-state index contributed by atoms with van der Waals surface area (Å²) in [4.78, 5) is 11.9. The van der Waals surface area contributed by atoms with Gasteiger partial charge in [-0.2, -0.15) is 5.26 Å². The first-order valence-corrected chi connectivity index (χ1v) is 6.96. The van der Waals surface area contributed by atoms with Crippen molar-refractivity contribution in [2.24, 2.45) is 0 Å². The van der Waals surface area contributed by atoms with E-state index in [0.717, 1.165) is 11.3 Å². The van der Waals surface area contributed by atoms with E-state index in [4.69, 9.17) is 14.4 Å². The fraction of sp³-hybridized carbons (Fsp3) is 0.111. The third kappa shape index (κ3) is 4.61. The minimum Gasteiger partial charge on any atom is -0.496 e. The van der Waals surface area contributed by atoms with E-state index in [9.17, 15) is 4.79 Å². The minimum atomic E-state index is -0.450. The lowest BCUT2D eigenvalue weighted by molar-refractivity contribution is -0.117. The maximum Gasteiger partial charge on any atom is 0.262 e. The van der Waals surface area contributed by atoms with Gasteiger partial charge in [0.15, 0.2) is 0 Å². The molecular formula is C18H16N2O3. The largest absolute Gasteiger partial charge is 0.496 e. The molecule has 0 saturated carbocycles. The van der Waals surface area contributed by atoms with Crippen LogP contribution in [-0.4, -0.2) is 13.0 Å². The molecule has 5 nitrogen and oxygen atoms in total. The van der Waals surface area contributed by atoms with E-state index >= 15 is 0 Å². The van der Waals surface area contributed by atoms with Crippen molar-refractivity contribution in [2.75, 3.05) is 7.11 Å². The summed E-state index contributed by atoms with van der Waals surface area (Å²) in [5.41, 5.74) is 0.877. The lowest BCUT2D eigenvalue weighted by atomic mass is 10.1. The monoisotopic (exact) mass is 308 g/mol. The number of allylic oxidation sites excluding steroid dienone is 2. The highest BCUT2D eigenvalue weighted by atomic mass is 16.5. The SMILES string of the molecule is COc1ccccc1/C=C/C=C(\C#N)C(=O)NCc1ccco1. The second kappa shape index (κ2) is 8.25. The molecule has 1 heterocycles. The van der Waals surface area contributed by atoms with Gasteiger partial charge in [-0.15, -0.1) is 0 Å². The Morgan fingerprint density at radius 1 is 1.35 bits per heavy atom. The van der Waals surface area contributed by atoms with Crippen LogP contribution in [0.3, 0.4) is 0 Å². The fourth-order valence-corrected chi connectivity index (χ4v) is 1.89. The summed E-state index contributed by atoms with van der Waals surface area (Å²) in [6.07, 6.45) is 6.40. The zero-order valence-corrected chi connectivity index (χ0v) is 12.7. The summed E-state index contributed by atoms with van der Waals surface area (Å²) in [5.74, 6) is 0.895. The fourth-order valence-electron chi connectivity index (χ4n) is 1.89. The van der Waals surface area contributed by atoms with E-state index in [1.165, 1.54) is 12.3 Å². The molecule has 2 rings (SSSR count). The minimum absolute atomic E-state index is 0.0164. The first-order valence-electron chi connectivity index (χ1n) is 6.96. The Hall–Kier alpha value is -3.26. The Kier molecular flexibility index (Phi) is 5.78. The summed E-state index contributed by atoms with van der Waals surface area (Å²) < 4.78 is 10.3. The number of nitrogens with zero attached hydrogens (tertiary/aromatic N) is 1. The molecule has 0 bridgehead atoms. The summed E-state index contributed by atoms with van der Waals surface area (Å²) >= 11 is 0. The molecule has 0 saturated heterocycles. The van der Waals surface area contributed by atoms with Crippen LogP contribution in [0.1, 0.15) is 11.3 Å². The number of benzene rings is 1. The average Bonchev–Trinajstić information content (AvgIpc) is 3.10. The van der Waals surface area contributed by atoms with Gasteiger partial charge in [0.2, 0.25) is 0 Å². The smallest absolute Gasteiger partial charge is 0.262 e. The molecular weight excluding hydrogens is 292 g/mol. The normalized spacial score (nSPS) is 11.2. The van der Waals surface area contributed by atoms with Crippen molar-refractivity contribution in [2.45, 2.75) is 6.54 Å². The highest BCUT2D eigenvalue weighted by molar-refractivity contribution is 5.97. The van der Waals surface area contributed by atoms with Crippen LogP contribution in [0.25, 0.3) is 6.08 Å². The Balaban J connectivity index is 2.02. The Morgan fingerprint density at radius 3 is 2.87 bits per heavy atom. The molecule has 1 amide bonds. The number of methoxy groups -OCH3 is 1. The van der Waals surface area contributed by atoms with Gasteiger partial charge in [0.1, 0.15) is 23.2 Å². The Bertz CT molecular complexity index is 753. The van der Waals surface area contributed by atoms with E-state index in [1.54, 1.807) is 31.4 Å². The van der Waals surface area contributed by atoms with Gasteiger partial charge in [0, 0.05) is 5.56 Å². The number of carbonyl (C=O) groups excluding carboxylic acids is 1. The highest BCUT2D eigenvalue weighted by Crippen LogP contribution is 2.18. The molecule has 0 aliphatic carbocycles. The number of hydrogen-bond donors (Lipinski definition) is 1. The molecule has 1 N–H and O–H groups in total. The quantitative estimate of drug-likeness (QED) is 0.505. The molecule has 23 heavy (non-hydrogen) atoms. The molecule has 1 aromatic carbocycles. The van der Waals surface area contributed by atoms with Crippen LogP contribution in [0.4, 0.5) is 0 Å². The number of amides is 1. The predicted molar refractivity (Wildman–Crippen MR) is 86.3 cm³/mol. The van der Waals surface area contributed by atoms with Crippen LogP contribution in [0.5, 0.6) is 5.75 Å². The number of nitrogens with one attached hydrogen (secondary N) is 1. The van der Waals surface area contributed by atoms with Crippen LogP contribution >= 0.6 is 0 Å². The predicted octanol–water partition coefficient (Wildman–Crippen LogP) is 3.07. The van der Waals surface area contributed by atoms with Crippen LogP contribution in [-0.2, 0) is 11.3 Å². The van der Waals surface area contributed by atoms with Gasteiger partial charge in [-0.05, 0) is 24.3 Å². The number of nitriles is 1. The summed E-state index contributed by atoms with van der Waals surface area (Å²) in [6, 6.07) is 12.8. The van der Waals surface area contributed by atoms with Crippen molar-refractivity contribution in [3.63, 3.8) is 0 Å². The third-order valence-corrected chi connectivity index (χ3v) is 3.05. The third-order valence-electron chi connectivity index (χ3n) is 3.05. The molecule has 2 aromatic rings. The highest BCUT2D eigenvalue weighted by Gasteiger charge is 2.08. The van der Waals surface area contributed by atoms with Crippen molar-refractivity contribution in [1.29, 1.82) is 5.26 Å². The molecule has 0 radical (unpaired) electrons. The summed E-state index contributed by atoms with van der Waals surface area (Å²) in [7, 11) is 1.59. The van der Waals surface area contributed by atoms with Crippen LogP contribution < -0.4 is 10.1 Å². The Morgan fingerprint density at radius 2 is 2.17 bits per heavy atom. The van der Waals surface area contributed by atoms with Crippen molar-refractivity contribution < 1.29 is 13.9 Å². The van der Waals surface area contributed by atoms with Gasteiger partial charge in [-0.3, -0.25) is 4.79 Å². The van der Waals surface area contributed by atoms with Gasteiger partial charge in [0.05, 0.1) is 19.9 Å². The van der Waals surface area contributed by atoms with E-state index < -0.39 is 5.91 Å². The van der Waals surface area contributed by atoms with E-state index in [2.05, 4.69) is 5.32 Å². The zero-order chi connectivity index (χ0) is 16.5. The Labute approximate surface area is 134 Å². The molecule has 0 unspecified atom stereocenters. The molecule has 0 aliphatic heterocycles. The number of carbonyl (C=O) groups is 1. The number of furan rings is 1. The first-order chi connectivity index (χ1) is 11.2. The second-order valence-electron chi connectivity index (χ2n) is 4.56. The topological polar surface area (TPSA) is 75.3 Å². The van der Waals surface area contributed by atoms with E-state index in [0.29, 0.717) is 5.76 Å². The molecule has 5 heteroatoms. The van der Waals surface area contributed by atoms with Crippen LogP contribution in [0, 0.1) is 11.3 Å². The van der Waals surface area contributed by atoms with Crippen molar-refractivity contribution in [3.05, 3.63) is 71.7 Å². The summed E-state index contributed by atoms with van der Waals surface area (Å²) in [5, 5.41) is 11.7. The maximum absolute atomic E-state index is 11.9. The lowest BCUT2D eigenvalue weighted by Crippen LogP contribution is -2.23. The van der Waals surface area contributed by atoms with Gasteiger partial charge < -0.3 is 14.5 Å². The summed E-state index contributed by atoms with van der Waals surface area (Å²) in [6.45, 7) is 0.237. The molecule has 1 aromatic heterocycles. The van der Waals surface area contributed by atoms with Crippen molar-refractivity contribution >= 4 is 12.0 Å². The van der Waals surface area contributed by atoms with Crippen molar-refractivity contribution in [1.82, 2.24) is 5.32 Å². The molecule has 0 atom stereocenters. The van der Waals surface area contributed by atoms with Gasteiger partial charge in [-0.25, -0.2) is 0 Å². The molecule has 0 aliphatic rings. The van der Waals surface area contributed by atoms with Gasteiger partial charge in [-0.1, -0.05) is 30.4 Å². The molecule has 0 fully saturated rings. The van der Waals surface area contributed by atoms with Crippen LogP contribution in [0.2, 0.25) is 0 Å². The van der Waals surface area contributed by atoms with Gasteiger partial charge in [0.25, 0.3) is 5.91 Å². The average molecular weight is 308 g/mol. The number of rotatable bonds is 6. The van der Waals surface area contributed by atoms with Crippen molar-refractivity contribution in [3.8, 4) is 11.8 Å². The lowest BCUT2D eigenvalue weighted by Gasteiger charge is -2.03. The second-order valence-corrected chi connectivity index (χ2v) is 4.56. The van der Waals surface area contributed by atoms with E-state index in [-0.39, 0.29) is 12.1 Å². The standard InChI is InChI=1S/C18H16N2O3/c1-22-17-10-3-2-6-14(17)7-4-8-15(12-19)18(21)20-13-16-9-5-11-23-16/h2-11H,13H2,1H3,(H,20,21)/b7-4+,15-8+.